The molecule has 1 aliphatic rings. The molecule has 0 bridgehead atoms. The van der Waals surface area contributed by atoms with Gasteiger partial charge in [-0.05, 0) is 31.7 Å². The Bertz CT molecular complexity index is 425. The van der Waals surface area contributed by atoms with Crippen molar-refractivity contribution in [3.05, 3.63) is 10.6 Å². The van der Waals surface area contributed by atoms with Gasteiger partial charge in [0.15, 0.2) is 5.13 Å². The average Bonchev–Trinajstić information content (AvgIpc) is 2.90. The van der Waals surface area contributed by atoms with Gasteiger partial charge in [-0.2, -0.15) is 0 Å². The number of aromatic nitrogens is 1. The van der Waals surface area contributed by atoms with Gasteiger partial charge in [-0.25, -0.2) is 4.98 Å². The van der Waals surface area contributed by atoms with Crippen molar-refractivity contribution in [3.8, 4) is 0 Å². The van der Waals surface area contributed by atoms with Crippen LogP contribution in [0.3, 0.4) is 0 Å². The zero-order valence-corrected chi connectivity index (χ0v) is 14.6. The molecule has 1 fully saturated rings. The first-order chi connectivity index (χ1) is 10.1. The molecule has 1 aromatic heterocycles. The predicted molar refractivity (Wildman–Crippen MR) is 90.3 cm³/mol. The van der Waals surface area contributed by atoms with Gasteiger partial charge in [0, 0.05) is 31.6 Å². The molecule has 0 aliphatic carbocycles. The summed E-state index contributed by atoms with van der Waals surface area (Å²) in [5.74, 6) is 0.690. The minimum Gasteiger partial charge on any atom is -0.381 e. The van der Waals surface area contributed by atoms with Crippen LogP contribution >= 0.6 is 11.3 Å². The maximum absolute atomic E-state index is 5.45. The van der Waals surface area contributed by atoms with Crippen molar-refractivity contribution < 1.29 is 4.74 Å². The van der Waals surface area contributed by atoms with Gasteiger partial charge in [0.25, 0.3) is 0 Å². The van der Waals surface area contributed by atoms with Crippen molar-refractivity contribution in [2.75, 3.05) is 31.6 Å². The molecule has 0 unspecified atom stereocenters. The lowest BCUT2D eigenvalue weighted by atomic mass is 10.1. The smallest absolute Gasteiger partial charge is 0.185 e. The molecule has 1 N–H and O–H groups in total. The quantitative estimate of drug-likeness (QED) is 0.840. The summed E-state index contributed by atoms with van der Waals surface area (Å²) in [6.45, 7) is 10.8. The van der Waals surface area contributed by atoms with Crippen LogP contribution in [0.15, 0.2) is 0 Å². The third kappa shape index (κ3) is 4.66. The number of thiazole rings is 1. The summed E-state index contributed by atoms with van der Waals surface area (Å²) < 4.78 is 5.45. The molecule has 0 atom stereocenters. The van der Waals surface area contributed by atoms with Crippen LogP contribution in [0.2, 0.25) is 0 Å². The molecular formula is C16H29N3OS. The number of rotatable bonds is 7. The molecule has 2 heterocycles. The maximum Gasteiger partial charge on any atom is 0.185 e. The van der Waals surface area contributed by atoms with Crippen LogP contribution in [0.5, 0.6) is 0 Å². The fourth-order valence-corrected chi connectivity index (χ4v) is 3.85. The van der Waals surface area contributed by atoms with E-state index in [1.54, 1.807) is 0 Å². The van der Waals surface area contributed by atoms with Gasteiger partial charge in [-0.15, -0.1) is 11.3 Å². The lowest BCUT2D eigenvalue weighted by Gasteiger charge is -2.30. The van der Waals surface area contributed by atoms with Crippen molar-refractivity contribution in [1.29, 1.82) is 0 Å². The highest BCUT2D eigenvalue weighted by Crippen LogP contribution is 2.29. The number of methoxy groups -OCH3 is 1. The summed E-state index contributed by atoms with van der Waals surface area (Å²) in [7, 11) is 1.82. The van der Waals surface area contributed by atoms with Crippen molar-refractivity contribution in [2.24, 2.45) is 5.92 Å². The standard InChI is InChI=1S/C16H29N3OS/c1-5-14-15(11-17-10-12(2)3)21-16(18-14)19-8-6-13(20-4)7-9-19/h12-13,17H,5-11H2,1-4H3. The first-order valence-electron chi connectivity index (χ1n) is 8.11. The molecule has 0 aromatic carbocycles. The number of hydrogen-bond acceptors (Lipinski definition) is 5. The Morgan fingerprint density at radius 1 is 1.38 bits per heavy atom. The van der Waals surface area contributed by atoms with E-state index in [4.69, 9.17) is 9.72 Å². The van der Waals surface area contributed by atoms with E-state index in [0.717, 1.165) is 45.4 Å². The van der Waals surface area contributed by atoms with Crippen molar-refractivity contribution >= 4 is 16.5 Å². The molecule has 21 heavy (non-hydrogen) atoms. The highest BCUT2D eigenvalue weighted by atomic mass is 32.1. The SMILES string of the molecule is CCc1nc(N2CCC(OC)CC2)sc1CNCC(C)C. The maximum atomic E-state index is 5.45. The number of anilines is 1. The van der Waals surface area contributed by atoms with Gasteiger partial charge in [-0.1, -0.05) is 20.8 Å². The fraction of sp³-hybridized carbons (Fsp3) is 0.812. The van der Waals surface area contributed by atoms with E-state index in [1.165, 1.54) is 15.7 Å². The first-order valence-corrected chi connectivity index (χ1v) is 8.92. The van der Waals surface area contributed by atoms with E-state index >= 15 is 0 Å². The molecule has 1 aliphatic heterocycles. The molecule has 1 saturated heterocycles. The average molecular weight is 311 g/mol. The molecule has 0 radical (unpaired) electrons. The molecule has 120 valence electrons. The van der Waals surface area contributed by atoms with Gasteiger partial charge < -0.3 is 15.0 Å². The number of nitrogens with one attached hydrogen (secondary N) is 1. The summed E-state index contributed by atoms with van der Waals surface area (Å²) in [6, 6.07) is 0. The Kier molecular flexibility index (Phi) is 6.45. The second kappa shape index (κ2) is 8.11. The van der Waals surface area contributed by atoms with Gasteiger partial charge >= 0.3 is 0 Å². The second-order valence-electron chi connectivity index (χ2n) is 6.17. The minimum atomic E-state index is 0.430. The highest BCUT2D eigenvalue weighted by Gasteiger charge is 2.22. The Hall–Kier alpha value is -0.650. The van der Waals surface area contributed by atoms with E-state index in [2.05, 4.69) is 31.0 Å². The summed E-state index contributed by atoms with van der Waals surface area (Å²) in [6.07, 6.45) is 3.67. The lowest BCUT2D eigenvalue weighted by Crippen LogP contribution is -2.36. The normalized spacial score (nSPS) is 16.9. The fourth-order valence-electron chi connectivity index (χ4n) is 2.68. The van der Waals surface area contributed by atoms with E-state index in [9.17, 15) is 0 Å². The second-order valence-corrected chi connectivity index (χ2v) is 7.23. The molecule has 1 aromatic rings. The minimum absolute atomic E-state index is 0.430. The summed E-state index contributed by atoms with van der Waals surface area (Å²) in [5.41, 5.74) is 1.26. The predicted octanol–water partition coefficient (Wildman–Crippen LogP) is 3.07. The summed E-state index contributed by atoms with van der Waals surface area (Å²) in [4.78, 5) is 8.69. The molecule has 2 rings (SSSR count). The van der Waals surface area contributed by atoms with Gasteiger partial charge in [0.05, 0.1) is 11.8 Å². The van der Waals surface area contributed by atoms with Crippen molar-refractivity contribution in [2.45, 2.75) is 52.7 Å². The van der Waals surface area contributed by atoms with Crippen molar-refractivity contribution in [1.82, 2.24) is 10.3 Å². The van der Waals surface area contributed by atoms with E-state index < -0.39 is 0 Å². The van der Waals surface area contributed by atoms with Crippen LogP contribution in [0.1, 0.15) is 44.2 Å². The molecule has 4 nitrogen and oxygen atoms in total. The van der Waals surface area contributed by atoms with Crippen LogP contribution in [-0.2, 0) is 17.7 Å². The third-order valence-corrected chi connectivity index (χ3v) is 5.14. The molecule has 0 saturated carbocycles. The Morgan fingerprint density at radius 3 is 2.67 bits per heavy atom. The van der Waals surface area contributed by atoms with Gasteiger partial charge in [0.2, 0.25) is 0 Å². The topological polar surface area (TPSA) is 37.4 Å². The Balaban J connectivity index is 1.96. The number of ether oxygens (including phenoxy) is 1. The molecule has 0 amide bonds. The van der Waals surface area contributed by atoms with Gasteiger partial charge in [-0.3, -0.25) is 0 Å². The van der Waals surface area contributed by atoms with Crippen LogP contribution < -0.4 is 10.2 Å². The van der Waals surface area contributed by atoms with Gasteiger partial charge in [0.1, 0.15) is 0 Å². The van der Waals surface area contributed by atoms with Crippen LogP contribution in [-0.4, -0.2) is 37.8 Å². The van der Waals surface area contributed by atoms with E-state index in [1.807, 2.05) is 18.4 Å². The van der Waals surface area contributed by atoms with E-state index in [-0.39, 0.29) is 0 Å². The lowest BCUT2D eigenvalue weighted by molar-refractivity contribution is 0.0819. The highest BCUT2D eigenvalue weighted by molar-refractivity contribution is 7.15. The number of piperidine rings is 1. The van der Waals surface area contributed by atoms with Crippen LogP contribution in [0, 0.1) is 5.92 Å². The number of nitrogens with zero attached hydrogens (tertiary/aromatic N) is 2. The molecule has 0 spiro atoms. The van der Waals surface area contributed by atoms with Crippen LogP contribution in [0.25, 0.3) is 0 Å². The zero-order valence-electron chi connectivity index (χ0n) is 13.8. The third-order valence-electron chi connectivity index (χ3n) is 3.99. The Morgan fingerprint density at radius 2 is 2.10 bits per heavy atom. The zero-order chi connectivity index (χ0) is 15.2. The monoisotopic (exact) mass is 311 g/mol. The van der Waals surface area contributed by atoms with Crippen LogP contribution in [0.4, 0.5) is 5.13 Å². The summed E-state index contributed by atoms with van der Waals surface area (Å²) >= 11 is 1.86. The first kappa shape index (κ1) is 16.7. The molecular weight excluding hydrogens is 282 g/mol. The number of aryl methyl sites for hydroxylation is 1. The number of hydrogen-bond donors (Lipinski definition) is 1. The van der Waals surface area contributed by atoms with E-state index in [0.29, 0.717) is 12.0 Å². The largest absolute Gasteiger partial charge is 0.381 e. The Labute approximate surface area is 132 Å². The molecule has 5 heteroatoms. The summed E-state index contributed by atoms with van der Waals surface area (Å²) in [5, 5.41) is 4.74. The van der Waals surface area contributed by atoms with Crippen molar-refractivity contribution in [3.63, 3.8) is 0 Å².